The van der Waals surface area contributed by atoms with Gasteiger partial charge in [0, 0.05) is 30.0 Å². The summed E-state index contributed by atoms with van der Waals surface area (Å²) < 4.78 is 5.40. The summed E-state index contributed by atoms with van der Waals surface area (Å²) in [5, 5.41) is 20.3. The zero-order valence-electron chi connectivity index (χ0n) is 15.7. The zero-order valence-corrected chi connectivity index (χ0v) is 15.7. The molecule has 0 radical (unpaired) electrons. The topological polar surface area (TPSA) is 155 Å². The number of rotatable bonds is 6. The number of carbonyl (C=O) groups is 2. The van der Waals surface area contributed by atoms with Gasteiger partial charge >= 0.3 is 0 Å². The van der Waals surface area contributed by atoms with Crippen LogP contribution in [-0.4, -0.2) is 48.1 Å². The van der Waals surface area contributed by atoms with Crippen LogP contribution in [0.15, 0.2) is 48.5 Å². The zero-order chi connectivity index (χ0) is 21.0. The molecule has 29 heavy (non-hydrogen) atoms. The van der Waals surface area contributed by atoms with Gasteiger partial charge in [-0.25, -0.2) is 0 Å². The van der Waals surface area contributed by atoms with E-state index in [9.17, 15) is 14.7 Å². The van der Waals surface area contributed by atoms with Crippen LogP contribution in [0.2, 0.25) is 0 Å². The smallest absolute Gasteiger partial charge is 0.259 e. The van der Waals surface area contributed by atoms with E-state index in [0.717, 1.165) is 5.56 Å². The van der Waals surface area contributed by atoms with E-state index in [1.54, 1.807) is 42.5 Å². The summed E-state index contributed by atoms with van der Waals surface area (Å²) in [5.74, 6) is -1.36. The third-order valence-electron chi connectivity index (χ3n) is 4.60. The van der Waals surface area contributed by atoms with Crippen molar-refractivity contribution in [1.29, 1.82) is 5.41 Å². The second-order valence-electron chi connectivity index (χ2n) is 6.58. The molecule has 0 aliphatic carbocycles. The second-order valence-corrected chi connectivity index (χ2v) is 6.58. The lowest BCUT2D eigenvalue weighted by atomic mass is 10.1. The van der Waals surface area contributed by atoms with Crippen molar-refractivity contribution in [1.82, 2.24) is 0 Å². The lowest BCUT2D eigenvalue weighted by molar-refractivity contribution is -0.150. The van der Waals surface area contributed by atoms with Crippen LogP contribution >= 0.6 is 0 Å². The Bertz CT molecular complexity index is 915. The van der Waals surface area contributed by atoms with Crippen molar-refractivity contribution in [3.8, 4) is 0 Å². The molecule has 9 heteroatoms. The average molecular weight is 397 g/mol. The van der Waals surface area contributed by atoms with E-state index in [-0.39, 0.29) is 12.4 Å². The van der Waals surface area contributed by atoms with Gasteiger partial charge in [0.15, 0.2) is 12.2 Å². The first-order chi connectivity index (χ1) is 13.9. The van der Waals surface area contributed by atoms with Crippen molar-refractivity contribution in [3.05, 3.63) is 59.7 Å². The lowest BCUT2D eigenvalue weighted by Gasteiger charge is -2.34. The molecule has 0 spiro atoms. The molecule has 1 saturated heterocycles. The number of nitrogens with two attached hydrogens (primary N) is 2. The number of morpholine rings is 1. The minimum atomic E-state index is -1.68. The van der Waals surface area contributed by atoms with Crippen molar-refractivity contribution in [2.24, 2.45) is 11.5 Å². The number of hydrogen-bond donors (Lipinski definition) is 5. The number of aliphatic hydroxyl groups excluding tert-OH is 1. The maximum absolute atomic E-state index is 12.8. The standard InChI is InChI=1S/C20H23N5O4/c21-11-12-2-1-3-15(10-12)25-8-9-29-17(20(25)28)16(26)19(27)24-14-6-4-13(5-7-14)18(22)23/h1-7,10,16-17,26H,8-9,11,21H2,(H3,22,23)(H,24,27)/t16?,17-/m1/s1. The molecule has 3 rings (SSSR count). The first-order valence-electron chi connectivity index (χ1n) is 9.06. The number of hydrogen-bond acceptors (Lipinski definition) is 6. The fraction of sp³-hybridized carbons (Fsp3) is 0.250. The second kappa shape index (κ2) is 8.82. The van der Waals surface area contributed by atoms with Gasteiger partial charge in [-0.1, -0.05) is 12.1 Å². The van der Waals surface area contributed by atoms with Gasteiger partial charge in [-0.2, -0.15) is 0 Å². The summed E-state index contributed by atoms with van der Waals surface area (Å²) in [6, 6.07) is 13.4. The van der Waals surface area contributed by atoms with Gasteiger partial charge in [0.25, 0.3) is 11.8 Å². The van der Waals surface area contributed by atoms with E-state index >= 15 is 0 Å². The van der Waals surface area contributed by atoms with Crippen LogP contribution in [-0.2, 0) is 20.9 Å². The molecule has 9 nitrogen and oxygen atoms in total. The Morgan fingerprint density at radius 2 is 2.03 bits per heavy atom. The fourth-order valence-corrected chi connectivity index (χ4v) is 3.03. The van der Waals surface area contributed by atoms with Crippen LogP contribution < -0.4 is 21.7 Å². The number of amides is 2. The number of nitrogen functional groups attached to an aromatic ring is 1. The number of nitrogens with zero attached hydrogens (tertiary/aromatic N) is 1. The Morgan fingerprint density at radius 3 is 2.69 bits per heavy atom. The molecule has 152 valence electrons. The lowest BCUT2D eigenvalue weighted by Crippen LogP contribution is -2.55. The largest absolute Gasteiger partial charge is 0.384 e. The molecule has 2 atom stereocenters. The molecule has 1 aliphatic rings. The quantitative estimate of drug-likeness (QED) is 0.345. The molecular formula is C20H23N5O4. The first kappa shape index (κ1) is 20.5. The van der Waals surface area contributed by atoms with Crippen LogP contribution in [0.25, 0.3) is 0 Å². The average Bonchev–Trinajstić information content (AvgIpc) is 2.73. The van der Waals surface area contributed by atoms with Gasteiger partial charge in [0.1, 0.15) is 5.84 Å². The summed E-state index contributed by atoms with van der Waals surface area (Å²) in [7, 11) is 0. The SMILES string of the molecule is N=C(N)c1ccc(NC(=O)C(O)[C@H]2OCCN(c3cccc(CN)c3)C2=O)cc1. The molecule has 0 bridgehead atoms. The summed E-state index contributed by atoms with van der Waals surface area (Å²) in [5.41, 5.74) is 13.5. The van der Waals surface area contributed by atoms with Crippen LogP contribution in [0.1, 0.15) is 11.1 Å². The maximum Gasteiger partial charge on any atom is 0.259 e. The molecule has 0 aromatic heterocycles. The number of anilines is 2. The molecule has 1 fully saturated rings. The summed E-state index contributed by atoms with van der Waals surface area (Å²) in [4.78, 5) is 26.7. The van der Waals surface area contributed by atoms with E-state index < -0.39 is 24.0 Å². The highest BCUT2D eigenvalue weighted by molar-refractivity contribution is 6.04. The molecule has 0 saturated carbocycles. The number of ether oxygens (including phenoxy) is 1. The first-order valence-corrected chi connectivity index (χ1v) is 9.06. The van der Waals surface area contributed by atoms with Crippen molar-refractivity contribution < 1.29 is 19.4 Å². The number of benzene rings is 2. The van der Waals surface area contributed by atoms with Gasteiger partial charge in [0.2, 0.25) is 0 Å². The van der Waals surface area contributed by atoms with E-state index in [0.29, 0.717) is 30.0 Å². The van der Waals surface area contributed by atoms with E-state index in [1.165, 1.54) is 4.90 Å². The molecule has 2 aromatic carbocycles. The van der Waals surface area contributed by atoms with Gasteiger partial charge in [-0.15, -0.1) is 0 Å². The third kappa shape index (κ3) is 4.60. The van der Waals surface area contributed by atoms with Crippen LogP contribution in [0.4, 0.5) is 11.4 Å². The normalized spacial score (nSPS) is 17.7. The molecule has 2 amide bonds. The van der Waals surface area contributed by atoms with Crippen LogP contribution in [0.5, 0.6) is 0 Å². The van der Waals surface area contributed by atoms with E-state index in [1.807, 2.05) is 6.07 Å². The van der Waals surface area contributed by atoms with Crippen molar-refractivity contribution >= 4 is 29.0 Å². The fourth-order valence-electron chi connectivity index (χ4n) is 3.03. The molecule has 2 aromatic rings. The predicted molar refractivity (Wildman–Crippen MR) is 109 cm³/mol. The Kier molecular flexibility index (Phi) is 6.23. The minimum Gasteiger partial charge on any atom is -0.384 e. The Labute approximate surface area is 167 Å². The number of amidine groups is 1. The highest BCUT2D eigenvalue weighted by atomic mass is 16.5. The highest BCUT2D eigenvalue weighted by Gasteiger charge is 2.39. The van der Waals surface area contributed by atoms with Crippen molar-refractivity contribution in [2.75, 3.05) is 23.4 Å². The Hall–Kier alpha value is -3.27. The van der Waals surface area contributed by atoms with Gasteiger partial charge in [-0.05, 0) is 42.0 Å². The number of nitrogens with one attached hydrogen (secondary N) is 2. The monoisotopic (exact) mass is 397 g/mol. The molecule has 7 N–H and O–H groups in total. The number of carbonyl (C=O) groups excluding carboxylic acids is 2. The molecular weight excluding hydrogens is 374 g/mol. The molecule has 1 aliphatic heterocycles. The van der Waals surface area contributed by atoms with Crippen LogP contribution in [0, 0.1) is 5.41 Å². The van der Waals surface area contributed by atoms with Gasteiger partial charge in [0.05, 0.1) is 6.61 Å². The van der Waals surface area contributed by atoms with Crippen molar-refractivity contribution in [2.45, 2.75) is 18.8 Å². The molecule has 1 unspecified atom stereocenters. The van der Waals surface area contributed by atoms with Gasteiger partial charge < -0.3 is 31.5 Å². The Morgan fingerprint density at radius 1 is 1.31 bits per heavy atom. The van der Waals surface area contributed by atoms with Gasteiger partial charge in [-0.3, -0.25) is 15.0 Å². The summed E-state index contributed by atoms with van der Waals surface area (Å²) in [6.07, 6.45) is -3.00. The van der Waals surface area contributed by atoms with Crippen molar-refractivity contribution in [3.63, 3.8) is 0 Å². The maximum atomic E-state index is 12.8. The summed E-state index contributed by atoms with van der Waals surface area (Å²) >= 11 is 0. The molecule has 1 heterocycles. The minimum absolute atomic E-state index is 0.0945. The van der Waals surface area contributed by atoms with E-state index in [4.69, 9.17) is 21.6 Å². The third-order valence-corrected chi connectivity index (χ3v) is 4.60. The van der Waals surface area contributed by atoms with E-state index in [2.05, 4.69) is 5.32 Å². The van der Waals surface area contributed by atoms with Crippen LogP contribution in [0.3, 0.4) is 0 Å². The predicted octanol–water partition coefficient (Wildman–Crippen LogP) is 0.161. The Balaban J connectivity index is 1.70. The summed E-state index contributed by atoms with van der Waals surface area (Å²) in [6.45, 7) is 0.828. The number of aliphatic hydroxyl groups is 1. The highest BCUT2D eigenvalue weighted by Crippen LogP contribution is 2.22.